The molecule has 1 aliphatic rings. The van der Waals surface area contributed by atoms with Gasteiger partial charge in [0.15, 0.2) is 0 Å². The molecule has 2 rings (SSSR count). The number of piperidine rings is 1. The van der Waals surface area contributed by atoms with Gasteiger partial charge in [-0.15, -0.1) is 0 Å². The average Bonchev–Trinajstić information content (AvgIpc) is 2.87. The predicted octanol–water partition coefficient (Wildman–Crippen LogP) is 0.755. The molecule has 0 N–H and O–H groups in total. The van der Waals surface area contributed by atoms with Crippen molar-refractivity contribution >= 4 is 5.91 Å². The Balaban J connectivity index is 1.85. The Hall–Kier alpha value is -1.40. The van der Waals surface area contributed by atoms with Crippen LogP contribution in [0.2, 0.25) is 0 Å². The Labute approximate surface area is 120 Å². The molecule has 20 heavy (non-hydrogen) atoms. The van der Waals surface area contributed by atoms with Crippen molar-refractivity contribution in [3.8, 4) is 0 Å². The third-order valence-corrected chi connectivity index (χ3v) is 3.60. The van der Waals surface area contributed by atoms with E-state index in [2.05, 4.69) is 5.10 Å². The fourth-order valence-electron chi connectivity index (χ4n) is 2.56. The van der Waals surface area contributed by atoms with Crippen molar-refractivity contribution in [3.05, 3.63) is 18.0 Å². The number of hydrogen-bond acceptors (Lipinski definition) is 4. The van der Waals surface area contributed by atoms with Crippen molar-refractivity contribution in [2.45, 2.75) is 25.5 Å². The second-order valence-electron chi connectivity index (χ2n) is 5.57. The quantitative estimate of drug-likeness (QED) is 0.799. The number of nitrogens with zero attached hydrogens (tertiary/aromatic N) is 4. The minimum Gasteiger partial charge on any atom is -0.378 e. The Morgan fingerprint density at radius 3 is 2.75 bits per heavy atom. The Morgan fingerprint density at radius 1 is 1.45 bits per heavy atom. The van der Waals surface area contributed by atoms with Crippen LogP contribution in [0.25, 0.3) is 0 Å². The summed E-state index contributed by atoms with van der Waals surface area (Å²) < 4.78 is 7.10. The van der Waals surface area contributed by atoms with Crippen molar-refractivity contribution in [3.63, 3.8) is 0 Å². The minimum atomic E-state index is 0.217. The highest BCUT2D eigenvalue weighted by Crippen LogP contribution is 2.22. The molecular formula is C14H24N4O2. The maximum atomic E-state index is 12.0. The third kappa shape index (κ3) is 3.80. The van der Waals surface area contributed by atoms with Gasteiger partial charge in [-0.25, -0.2) is 0 Å². The van der Waals surface area contributed by atoms with Crippen molar-refractivity contribution < 1.29 is 9.53 Å². The zero-order chi connectivity index (χ0) is 14.5. The van der Waals surface area contributed by atoms with Crippen LogP contribution in [0.3, 0.4) is 0 Å². The van der Waals surface area contributed by atoms with E-state index in [1.807, 2.05) is 40.8 Å². The topological polar surface area (TPSA) is 50.6 Å². The van der Waals surface area contributed by atoms with E-state index in [4.69, 9.17) is 4.74 Å². The molecule has 1 aliphatic heterocycles. The smallest absolute Gasteiger partial charge is 0.236 e. The van der Waals surface area contributed by atoms with Crippen LogP contribution in [0.5, 0.6) is 0 Å². The van der Waals surface area contributed by atoms with Crippen LogP contribution in [0.1, 0.15) is 24.6 Å². The summed E-state index contributed by atoms with van der Waals surface area (Å²) in [5, 5.41) is 4.52. The van der Waals surface area contributed by atoms with Gasteiger partial charge in [-0.1, -0.05) is 0 Å². The first-order chi connectivity index (χ1) is 9.60. The SMILES string of the molecule is COCc1ccn(C2CCN(C(=O)CN(C)C)CC2)n1. The molecule has 2 heterocycles. The second kappa shape index (κ2) is 6.85. The van der Waals surface area contributed by atoms with Gasteiger partial charge in [-0.3, -0.25) is 9.48 Å². The lowest BCUT2D eigenvalue weighted by Gasteiger charge is -2.32. The number of carbonyl (C=O) groups excluding carboxylic acids is 1. The Kier molecular flexibility index (Phi) is 5.14. The summed E-state index contributed by atoms with van der Waals surface area (Å²) in [5.41, 5.74) is 0.957. The lowest BCUT2D eigenvalue weighted by atomic mass is 10.1. The molecular weight excluding hydrogens is 256 g/mol. The summed E-state index contributed by atoms with van der Waals surface area (Å²) >= 11 is 0. The number of amides is 1. The molecule has 0 atom stereocenters. The number of likely N-dealkylation sites (N-methyl/N-ethyl adjacent to an activating group) is 1. The van der Waals surface area contributed by atoms with E-state index >= 15 is 0 Å². The second-order valence-corrected chi connectivity index (χ2v) is 5.57. The van der Waals surface area contributed by atoms with Gasteiger partial charge in [0.05, 0.1) is 24.9 Å². The van der Waals surface area contributed by atoms with Gasteiger partial charge >= 0.3 is 0 Å². The highest BCUT2D eigenvalue weighted by molar-refractivity contribution is 5.78. The van der Waals surface area contributed by atoms with E-state index in [1.54, 1.807) is 7.11 Å². The monoisotopic (exact) mass is 280 g/mol. The van der Waals surface area contributed by atoms with E-state index in [1.165, 1.54) is 0 Å². The summed E-state index contributed by atoms with van der Waals surface area (Å²) in [6, 6.07) is 2.39. The molecule has 0 spiro atoms. The number of carbonyl (C=O) groups is 1. The maximum absolute atomic E-state index is 12.0. The lowest BCUT2D eigenvalue weighted by Crippen LogP contribution is -2.43. The van der Waals surface area contributed by atoms with Gasteiger partial charge in [-0.05, 0) is 33.0 Å². The molecule has 0 saturated carbocycles. The minimum absolute atomic E-state index is 0.217. The fraction of sp³-hybridized carbons (Fsp3) is 0.714. The first-order valence-electron chi connectivity index (χ1n) is 7.05. The molecule has 6 nitrogen and oxygen atoms in total. The summed E-state index contributed by atoms with van der Waals surface area (Å²) in [6.07, 6.45) is 3.94. The molecule has 112 valence electrons. The molecule has 0 bridgehead atoms. The standard InChI is InChI=1S/C14H24N4O2/c1-16(2)10-14(19)17-7-5-13(6-8-17)18-9-4-12(15-18)11-20-3/h4,9,13H,5-8,10-11H2,1-3H3. The van der Waals surface area contributed by atoms with Crippen molar-refractivity contribution in [2.24, 2.45) is 0 Å². The third-order valence-electron chi connectivity index (χ3n) is 3.60. The van der Waals surface area contributed by atoms with Gasteiger partial charge in [0.25, 0.3) is 0 Å². The summed E-state index contributed by atoms with van der Waals surface area (Å²) in [6.45, 7) is 2.67. The summed E-state index contributed by atoms with van der Waals surface area (Å²) in [4.78, 5) is 15.9. The number of aromatic nitrogens is 2. The molecule has 0 aromatic carbocycles. The van der Waals surface area contributed by atoms with Crippen LogP contribution < -0.4 is 0 Å². The van der Waals surface area contributed by atoms with Crippen LogP contribution in [0.15, 0.2) is 12.3 Å². The van der Waals surface area contributed by atoms with E-state index in [0.717, 1.165) is 31.6 Å². The van der Waals surface area contributed by atoms with Crippen molar-refractivity contribution in [1.29, 1.82) is 0 Å². The van der Waals surface area contributed by atoms with Crippen LogP contribution in [-0.4, -0.2) is 66.3 Å². The molecule has 0 radical (unpaired) electrons. The number of hydrogen-bond donors (Lipinski definition) is 0. The fourth-order valence-corrected chi connectivity index (χ4v) is 2.56. The van der Waals surface area contributed by atoms with Gasteiger partial charge in [-0.2, -0.15) is 5.10 Å². The zero-order valence-corrected chi connectivity index (χ0v) is 12.6. The normalized spacial score (nSPS) is 16.9. The Bertz CT molecular complexity index is 436. The molecule has 1 aromatic heterocycles. The van der Waals surface area contributed by atoms with E-state index in [0.29, 0.717) is 19.2 Å². The summed E-state index contributed by atoms with van der Waals surface area (Å²) in [5.74, 6) is 0.217. The molecule has 1 amide bonds. The maximum Gasteiger partial charge on any atom is 0.236 e. The Morgan fingerprint density at radius 2 is 2.15 bits per heavy atom. The van der Waals surface area contributed by atoms with Gasteiger partial charge in [0.2, 0.25) is 5.91 Å². The molecule has 1 aromatic rings. The number of ether oxygens (including phenoxy) is 1. The van der Waals surface area contributed by atoms with Crippen LogP contribution >= 0.6 is 0 Å². The number of methoxy groups -OCH3 is 1. The largest absolute Gasteiger partial charge is 0.378 e. The molecule has 0 aliphatic carbocycles. The first kappa shape index (κ1) is 15.0. The highest BCUT2D eigenvalue weighted by Gasteiger charge is 2.24. The zero-order valence-electron chi connectivity index (χ0n) is 12.6. The molecule has 1 fully saturated rings. The highest BCUT2D eigenvalue weighted by atomic mass is 16.5. The predicted molar refractivity (Wildman–Crippen MR) is 76.3 cm³/mol. The van der Waals surface area contributed by atoms with Gasteiger partial charge in [0, 0.05) is 26.4 Å². The summed E-state index contributed by atoms with van der Waals surface area (Å²) in [7, 11) is 5.52. The van der Waals surface area contributed by atoms with Gasteiger partial charge < -0.3 is 14.5 Å². The van der Waals surface area contributed by atoms with Crippen molar-refractivity contribution in [2.75, 3.05) is 40.8 Å². The average molecular weight is 280 g/mol. The molecule has 0 unspecified atom stereocenters. The lowest BCUT2D eigenvalue weighted by molar-refractivity contribution is -0.133. The first-order valence-corrected chi connectivity index (χ1v) is 7.05. The van der Waals surface area contributed by atoms with Gasteiger partial charge in [0.1, 0.15) is 0 Å². The van der Waals surface area contributed by atoms with E-state index in [9.17, 15) is 4.79 Å². The molecule has 6 heteroatoms. The van der Waals surface area contributed by atoms with Crippen LogP contribution in [0.4, 0.5) is 0 Å². The van der Waals surface area contributed by atoms with Crippen LogP contribution in [0, 0.1) is 0 Å². The van der Waals surface area contributed by atoms with E-state index < -0.39 is 0 Å². The van der Waals surface area contributed by atoms with Crippen molar-refractivity contribution in [1.82, 2.24) is 19.6 Å². The van der Waals surface area contributed by atoms with Crippen LogP contribution in [-0.2, 0) is 16.1 Å². The number of rotatable bonds is 5. The molecule has 1 saturated heterocycles. The van der Waals surface area contributed by atoms with E-state index in [-0.39, 0.29) is 5.91 Å². The number of likely N-dealkylation sites (tertiary alicyclic amines) is 1.